The SMILES string of the molecule is Cc1ccc2c(c1)OC(C)(C)C[C@@H]2NC(=O)CCc1ccc(Cl)cc1Cl. The first-order valence-electron chi connectivity index (χ1n) is 8.76. The third-order valence-electron chi connectivity index (χ3n) is 4.60. The lowest BCUT2D eigenvalue weighted by atomic mass is 9.89. The fourth-order valence-corrected chi connectivity index (χ4v) is 3.83. The highest BCUT2D eigenvalue weighted by molar-refractivity contribution is 6.35. The van der Waals surface area contributed by atoms with Gasteiger partial charge < -0.3 is 10.1 Å². The molecule has 0 saturated heterocycles. The van der Waals surface area contributed by atoms with Crippen LogP contribution in [0.2, 0.25) is 10.0 Å². The Morgan fingerprint density at radius 2 is 2.00 bits per heavy atom. The van der Waals surface area contributed by atoms with Gasteiger partial charge in [-0.25, -0.2) is 0 Å². The summed E-state index contributed by atoms with van der Waals surface area (Å²) in [5, 5.41) is 4.36. The van der Waals surface area contributed by atoms with Gasteiger partial charge >= 0.3 is 0 Å². The van der Waals surface area contributed by atoms with Crippen LogP contribution in [-0.4, -0.2) is 11.5 Å². The van der Waals surface area contributed by atoms with Gasteiger partial charge in [0.2, 0.25) is 5.91 Å². The molecule has 0 aromatic heterocycles. The summed E-state index contributed by atoms with van der Waals surface area (Å²) in [4.78, 5) is 12.5. The molecule has 0 radical (unpaired) electrons. The number of hydrogen-bond donors (Lipinski definition) is 1. The number of amides is 1. The van der Waals surface area contributed by atoms with Crippen LogP contribution in [0.15, 0.2) is 36.4 Å². The van der Waals surface area contributed by atoms with Crippen LogP contribution >= 0.6 is 23.2 Å². The van der Waals surface area contributed by atoms with E-state index in [9.17, 15) is 4.79 Å². The quantitative estimate of drug-likeness (QED) is 0.730. The predicted octanol–water partition coefficient (Wildman–Crippen LogP) is 5.65. The molecule has 1 aliphatic rings. The van der Waals surface area contributed by atoms with Crippen molar-refractivity contribution in [1.29, 1.82) is 0 Å². The number of hydrogen-bond acceptors (Lipinski definition) is 2. The molecule has 0 saturated carbocycles. The van der Waals surface area contributed by atoms with Gasteiger partial charge in [0, 0.05) is 28.5 Å². The smallest absolute Gasteiger partial charge is 0.220 e. The second kappa shape index (κ2) is 7.50. The molecule has 2 aromatic carbocycles. The second-order valence-corrected chi connectivity index (χ2v) is 8.31. The van der Waals surface area contributed by atoms with E-state index in [1.54, 1.807) is 12.1 Å². The van der Waals surface area contributed by atoms with Crippen LogP contribution in [0, 0.1) is 6.92 Å². The highest BCUT2D eigenvalue weighted by Crippen LogP contribution is 2.40. The molecule has 2 aromatic rings. The number of carbonyl (C=O) groups excluding carboxylic acids is 1. The number of benzene rings is 2. The molecule has 1 N–H and O–H groups in total. The maximum Gasteiger partial charge on any atom is 0.220 e. The van der Waals surface area contributed by atoms with Crippen molar-refractivity contribution in [3.8, 4) is 5.75 Å². The molecule has 1 aliphatic heterocycles. The third kappa shape index (κ3) is 4.52. The van der Waals surface area contributed by atoms with E-state index in [1.165, 1.54) is 0 Å². The minimum absolute atomic E-state index is 0.00485. The lowest BCUT2D eigenvalue weighted by Crippen LogP contribution is -2.41. The Labute approximate surface area is 164 Å². The normalized spacial score (nSPS) is 18.0. The van der Waals surface area contributed by atoms with Crippen LogP contribution < -0.4 is 10.1 Å². The van der Waals surface area contributed by atoms with Gasteiger partial charge in [-0.1, -0.05) is 41.4 Å². The van der Waals surface area contributed by atoms with Gasteiger partial charge in [-0.2, -0.15) is 0 Å². The van der Waals surface area contributed by atoms with E-state index in [1.807, 2.05) is 45.0 Å². The van der Waals surface area contributed by atoms with Crippen molar-refractivity contribution in [2.24, 2.45) is 0 Å². The Morgan fingerprint density at radius 1 is 1.23 bits per heavy atom. The molecule has 1 heterocycles. The minimum atomic E-state index is -0.321. The maximum atomic E-state index is 12.5. The van der Waals surface area contributed by atoms with E-state index in [-0.39, 0.29) is 17.6 Å². The summed E-state index contributed by atoms with van der Waals surface area (Å²) in [6, 6.07) is 11.4. The Balaban J connectivity index is 1.69. The molecule has 3 rings (SSSR count). The van der Waals surface area contributed by atoms with Gasteiger partial charge in [0.1, 0.15) is 11.4 Å². The van der Waals surface area contributed by atoms with Gasteiger partial charge in [-0.05, 0) is 56.5 Å². The Hall–Kier alpha value is -1.71. The number of rotatable bonds is 4. The zero-order valence-corrected chi connectivity index (χ0v) is 16.7. The first-order chi connectivity index (χ1) is 12.2. The van der Waals surface area contributed by atoms with E-state index >= 15 is 0 Å². The summed E-state index contributed by atoms with van der Waals surface area (Å²) in [6.45, 7) is 6.13. The number of ether oxygens (including phenoxy) is 1. The van der Waals surface area contributed by atoms with Gasteiger partial charge in [-0.15, -0.1) is 0 Å². The molecule has 26 heavy (non-hydrogen) atoms. The molecule has 0 aliphatic carbocycles. The molecule has 5 heteroatoms. The molecule has 0 spiro atoms. The largest absolute Gasteiger partial charge is 0.487 e. The lowest BCUT2D eigenvalue weighted by molar-refractivity contribution is -0.122. The number of nitrogens with one attached hydrogen (secondary N) is 1. The summed E-state index contributed by atoms with van der Waals surface area (Å²) >= 11 is 12.1. The number of fused-ring (bicyclic) bond motifs is 1. The molecule has 138 valence electrons. The maximum absolute atomic E-state index is 12.5. The average molecular weight is 392 g/mol. The molecular weight excluding hydrogens is 369 g/mol. The van der Waals surface area contributed by atoms with Crippen molar-refractivity contribution in [3.63, 3.8) is 0 Å². The van der Waals surface area contributed by atoms with Gasteiger partial charge in [0.25, 0.3) is 0 Å². The number of carbonyl (C=O) groups is 1. The predicted molar refractivity (Wildman–Crippen MR) is 106 cm³/mol. The van der Waals surface area contributed by atoms with E-state index in [2.05, 4.69) is 5.32 Å². The Morgan fingerprint density at radius 3 is 2.73 bits per heavy atom. The summed E-state index contributed by atoms with van der Waals surface area (Å²) < 4.78 is 6.09. The highest BCUT2D eigenvalue weighted by Gasteiger charge is 2.34. The number of aryl methyl sites for hydroxylation is 2. The Bertz CT molecular complexity index is 833. The minimum Gasteiger partial charge on any atom is -0.487 e. The molecule has 3 nitrogen and oxygen atoms in total. The lowest BCUT2D eigenvalue weighted by Gasteiger charge is -2.38. The summed E-state index contributed by atoms with van der Waals surface area (Å²) in [5.41, 5.74) is 2.78. The van der Waals surface area contributed by atoms with Crippen LogP contribution in [0.4, 0.5) is 0 Å². The van der Waals surface area contributed by atoms with Gasteiger partial charge in [0.15, 0.2) is 0 Å². The first-order valence-corrected chi connectivity index (χ1v) is 9.52. The highest BCUT2D eigenvalue weighted by atomic mass is 35.5. The van der Waals surface area contributed by atoms with Crippen molar-refractivity contribution in [2.75, 3.05) is 0 Å². The molecule has 1 amide bonds. The van der Waals surface area contributed by atoms with E-state index in [4.69, 9.17) is 27.9 Å². The topological polar surface area (TPSA) is 38.3 Å². The van der Waals surface area contributed by atoms with Crippen LogP contribution in [-0.2, 0) is 11.2 Å². The first kappa shape index (κ1) is 19.1. The van der Waals surface area contributed by atoms with E-state index < -0.39 is 0 Å². The van der Waals surface area contributed by atoms with E-state index in [0.717, 1.165) is 28.9 Å². The summed E-state index contributed by atoms with van der Waals surface area (Å²) in [6.07, 6.45) is 1.69. The molecule has 0 unspecified atom stereocenters. The van der Waals surface area contributed by atoms with Gasteiger partial charge in [-0.3, -0.25) is 4.79 Å². The van der Waals surface area contributed by atoms with Crippen molar-refractivity contribution in [1.82, 2.24) is 5.32 Å². The molecule has 0 bridgehead atoms. The standard InChI is InChI=1S/C21H23Cl2NO2/c1-13-4-8-16-18(12-21(2,3)26-19(16)10-13)24-20(25)9-6-14-5-7-15(22)11-17(14)23/h4-5,7-8,10-11,18H,6,9,12H2,1-3H3,(H,24,25)/t18-/m0/s1. The summed E-state index contributed by atoms with van der Waals surface area (Å²) in [5.74, 6) is 0.859. The monoisotopic (exact) mass is 391 g/mol. The third-order valence-corrected chi connectivity index (χ3v) is 5.19. The van der Waals surface area contributed by atoms with Crippen molar-refractivity contribution in [2.45, 2.75) is 51.7 Å². The van der Waals surface area contributed by atoms with Crippen molar-refractivity contribution in [3.05, 3.63) is 63.1 Å². The van der Waals surface area contributed by atoms with Crippen LogP contribution in [0.3, 0.4) is 0 Å². The van der Waals surface area contributed by atoms with Crippen LogP contribution in [0.25, 0.3) is 0 Å². The number of halogens is 2. The Kier molecular flexibility index (Phi) is 5.50. The fraction of sp³-hybridized carbons (Fsp3) is 0.381. The zero-order valence-electron chi connectivity index (χ0n) is 15.2. The van der Waals surface area contributed by atoms with Gasteiger partial charge in [0.05, 0.1) is 6.04 Å². The van der Waals surface area contributed by atoms with Crippen LogP contribution in [0.1, 0.15) is 49.4 Å². The van der Waals surface area contributed by atoms with Crippen LogP contribution in [0.5, 0.6) is 5.75 Å². The van der Waals surface area contributed by atoms with Crippen molar-refractivity contribution >= 4 is 29.1 Å². The molecule has 1 atom stereocenters. The average Bonchev–Trinajstić information content (AvgIpc) is 2.52. The van der Waals surface area contributed by atoms with E-state index in [0.29, 0.717) is 22.9 Å². The zero-order chi connectivity index (χ0) is 18.9. The molecular formula is C21H23Cl2NO2. The fourth-order valence-electron chi connectivity index (χ4n) is 3.33. The van der Waals surface area contributed by atoms with Crippen molar-refractivity contribution < 1.29 is 9.53 Å². The second-order valence-electron chi connectivity index (χ2n) is 7.46. The molecule has 0 fully saturated rings. The summed E-state index contributed by atoms with van der Waals surface area (Å²) in [7, 11) is 0.